The molecule has 0 spiro atoms. The molecule has 2 aliphatic rings. The molecule has 0 N–H and O–H groups in total. The average Bonchev–Trinajstić information content (AvgIpc) is 3.37. The third-order valence-electron chi connectivity index (χ3n) is 6.65. The maximum atomic E-state index is 13.6. The number of piperidine rings is 1. The molecule has 8 nitrogen and oxygen atoms in total. The Morgan fingerprint density at radius 3 is 2.48 bits per heavy atom. The van der Waals surface area contributed by atoms with Crippen LogP contribution in [0.15, 0.2) is 30.3 Å². The summed E-state index contributed by atoms with van der Waals surface area (Å²) < 4.78 is 31.3. The fourth-order valence-corrected chi connectivity index (χ4v) is 6.57. The average molecular weight is 469 g/mol. The van der Waals surface area contributed by atoms with Gasteiger partial charge in [0.15, 0.2) is 15.5 Å². The molecule has 1 amide bonds. The number of pyridine rings is 1. The van der Waals surface area contributed by atoms with E-state index in [9.17, 15) is 13.2 Å². The van der Waals surface area contributed by atoms with Crippen LogP contribution in [0.3, 0.4) is 0 Å². The van der Waals surface area contributed by atoms with Gasteiger partial charge in [-0.05, 0) is 62.9 Å². The van der Waals surface area contributed by atoms with Gasteiger partial charge in [-0.3, -0.25) is 4.79 Å². The van der Waals surface area contributed by atoms with Crippen molar-refractivity contribution < 1.29 is 17.9 Å². The number of ether oxygens (including phenoxy) is 1. The molecule has 1 aromatic carbocycles. The number of nitrogens with zero attached hydrogens (tertiary/aromatic N) is 4. The van der Waals surface area contributed by atoms with E-state index in [1.165, 1.54) is 0 Å². The third kappa shape index (κ3) is 4.10. The molecule has 2 aliphatic heterocycles. The van der Waals surface area contributed by atoms with Crippen molar-refractivity contribution >= 4 is 26.8 Å². The fourth-order valence-electron chi connectivity index (χ4n) is 4.88. The molecule has 4 heterocycles. The van der Waals surface area contributed by atoms with Crippen molar-refractivity contribution in [2.75, 3.05) is 31.7 Å². The summed E-state index contributed by atoms with van der Waals surface area (Å²) in [4.78, 5) is 20.4. The number of fused-ring (bicyclic) bond motifs is 1. The molecule has 0 saturated carbocycles. The van der Waals surface area contributed by atoms with Crippen molar-refractivity contribution in [3.63, 3.8) is 0 Å². The van der Waals surface area contributed by atoms with Crippen LogP contribution in [0, 0.1) is 6.92 Å². The van der Waals surface area contributed by atoms with Gasteiger partial charge in [0.2, 0.25) is 0 Å². The van der Waals surface area contributed by atoms with Gasteiger partial charge in [0.05, 0.1) is 47.0 Å². The van der Waals surface area contributed by atoms with Crippen LogP contribution in [-0.4, -0.2) is 65.7 Å². The number of carbonyl (C=O) groups excluding carboxylic acids is 1. The van der Waals surface area contributed by atoms with Gasteiger partial charge in [-0.2, -0.15) is 5.10 Å². The van der Waals surface area contributed by atoms with Crippen LogP contribution in [0.4, 0.5) is 0 Å². The first-order valence-electron chi connectivity index (χ1n) is 11.4. The first-order chi connectivity index (χ1) is 15.9. The number of sulfone groups is 1. The summed E-state index contributed by atoms with van der Waals surface area (Å²) in [6.45, 7) is 3.35. The van der Waals surface area contributed by atoms with Crippen molar-refractivity contribution in [2.45, 2.75) is 38.6 Å². The Kier molecular flexibility index (Phi) is 5.60. The zero-order valence-electron chi connectivity index (χ0n) is 19.0. The van der Waals surface area contributed by atoms with E-state index in [4.69, 9.17) is 9.72 Å². The van der Waals surface area contributed by atoms with Crippen LogP contribution >= 0.6 is 0 Å². The van der Waals surface area contributed by atoms with Crippen molar-refractivity contribution in [2.24, 2.45) is 0 Å². The highest BCUT2D eigenvalue weighted by Crippen LogP contribution is 2.33. The second kappa shape index (κ2) is 8.44. The summed E-state index contributed by atoms with van der Waals surface area (Å²) in [6.07, 6.45) is 3.65. The Bertz CT molecular complexity index is 1310. The van der Waals surface area contributed by atoms with Gasteiger partial charge in [-0.1, -0.05) is 0 Å². The van der Waals surface area contributed by atoms with Gasteiger partial charge < -0.3 is 9.64 Å². The Balaban J connectivity index is 1.68. The molecular weight excluding hydrogens is 440 g/mol. The zero-order chi connectivity index (χ0) is 23.2. The fraction of sp³-hybridized carbons (Fsp3) is 0.458. The Labute approximate surface area is 193 Å². The molecule has 3 aromatic rings. The van der Waals surface area contributed by atoms with Crippen LogP contribution in [0.2, 0.25) is 0 Å². The first kappa shape index (κ1) is 21.9. The molecule has 1 atom stereocenters. The number of aromatic nitrogens is 3. The Hall–Kier alpha value is -2.94. The molecule has 2 saturated heterocycles. The highest BCUT2D eigenvalue weighted by molar-refractivity contribution is 7.91. The molecule has 33 heavy (non-hydrogen) atoms. The number of hydrogen-bond donors (Lipinski definition) is 0. The molecule has 2 fully saturated rings. The van der Waals surface area contributed by atoms with E-state index in [-0.39, 0.29) is 23.5 Å². The first-order valence-corrected chi connectivity index (χ1v) is 13.2. The summed E-state index contributed by atoms with van der Waals surface area (Å²) >= 11 is 0. The standard InChI is InChI=1S/C24H28N4O4S/c1-16-22-20(24(29)27-11-4-3-5-12-27)14-21(17-6-8-19(32-2)9-7-17)25-23(22)28(26-16)18-10-13-33(30,31)15-18/h6-9,14,18H,3-5,10-13,15H2,1-2H3/t18-/m0/s1. The largest absolute Gasteiger partial charge is 0.497 e. The minimum absolute atomic E-state index is 0.0152. The minimum Gasteiger partial charge on any atom is -0.497 e. The quantitative estimate of drug-likeness (QED) is 0.583. The number of rotatable bonds is 4. The normalized spacial score (nSPS) is 20.3. The number of hydrogen-bond acceptors (Lipinski definition) is 6. The third-order valence-corrected chi connectivity index (χ3v) is 8.40. The molecule has 2 aromatic heterocycles. The second-order valence-corrected chi connectivity index (χ2v) is 11.2. The van der Waals surface area contributed by atoms with Gasteiger partial charge in [0, 0.05) is 18.7 Å². The molecule has 0 bridgehead atoms. The van der Waals surface area contributed by atoms with Crippen LogP contribution in [-0.2, 0) is 9.84 Å². The lowest BCUT2D eigenvalue weighted by Gasteiger charge is -2.27. The van der Waals surface area contributed by atoms with Gasteiger partial charge in [-0.15, -0.1) is 0 Å². The summed E-state index contributed by atoms with van der Waals surface area (Å²) in [5.74, 6) is 0.920. The smallest absolute Gasteiger partial charge is 0.254 e. The maximum absolute atomic E-state index is 13.6. The number of likely N-dealkylation sites (tertiary alicyclic amines) is 1. The molecule has 9 heteroatoms. The molecule has 0 radical (unpaired) electrons. The van der Waals surface area contributed by atoms with E-state index in [1.54, 1.807) is 11.8 Å². The lowest BCUT2D eigenvalue weighted by atomic mass is 10.0. The van der Waals surface area contributed by atoms with E-state index < -0.39 is 9.84 Å². The highest BCUT2D eigenvalue weighted by atomic mass is 32.2. The minimum atomic E-state index is -3.09. The number of amides is 1. The van der Waals surface area contributed by atoms with E-state index >= 15 is 0 Å². The lowest BCUT2D eigenvalue weighted by molar-refractivity contribution is 0.0726. The van der Waals surface area contributed by atoms with Crippen LogP contribution in [0.1, 0.15) is 47.8 Å². The number of benzene rings is 1. The van der Waals surface area contributed by atoms with Crippen LogP contribution in [0.5, 0.6) is 5.75 Å². The van der Waals surface area contributed by atoms with Gasteiger partial charge in [-0.25, -0.2) is 18.1 Å². The SMILES string of the molecule is COc1ccc(-c2cc(C(=O)N3CCCCC3)c3c(C)nn([C@H]4CCS(=O)(=O)C4)c3n2)cc1. The van der Waals surface area contributed by atoms with Crippen molar-refractivity contribution in [1.29, 1.82) is 0 Å². The second-order valence-electron chi connectivity index (χ2n) is 8.92. The summed E-state index contributed by atoms with van der Waals surface area (Å²) in [5.41, 5.74) is 3.37. The van der Waals surface area contributed by atoms with Gasteiger partial charge in [0.1, 0.15) is 5.75 Å². The number of carbonyl (C=O) groups is 1. The van der Waals surface area contributed by atoms with E-state index in [0.29, 0.717) is 34.4 Å². The molecular formula is C24H28N4O4S. The summed E-state index contributed by atoms with van der Waals surface area (Å²) in [5, 5.41) is 5.40. The summed E-state index contributed by atoms with van der Waals surface area (Å²) in [7, 11) is -1.48. The molecule has 5 rings (SSSR count). The number of aryl methyl sites for hydroxylation is 1. The number of methoxy groups -OCH3 is 1. The Morgan fingerprint density at radius 2 is 1.85 bits per heavy atom. The predicted octanol–water partition coefficient (Wildman–Crippen LogP) is 3.40. The van der Waals surface area contributed by atoms with Crippen molar-refractivity contribution in [1.82, 2.24) is 19.7 Å². The predicted molar refractivity (Wildman–Crippen MR) is 126 cm³/mol. The lowest BCUT2D eigenvalue weighted by Crippen LogP contribution is -2.35. The van der Waals surface area contributed by atoms with E-state index in [1.807, 2.05) is 42.2 Å². The topological polar surface area (TPSA) is 94.4 Å². The maximum Gasteiger partial charge on any atom is 0.254 e. The monoisotopic (exact) mass is 468 g/mol. The highest BCUT2D eigenvalue weighted by Gasteiger charge is 2.33. The van der Waals surface area contributed by atoms with Crippen LogP contribution in [0.25, 0.3) is 22.3 Å². The van der Waals surface area contributed by atoms with E-state index in [0.717, 1.165) is 43.7 Å². The molecule has 0 unspecified atom stereocenters. The van der Waals surface area contributed by atoms with Gasteiger partial charge in [0.25, 0.3) is 5.91 Å². The van der Waals surface area contributed by atoms with E-state index in [2.05, 4.69) is 5.10 Å². The van der Waals surface area contributed by atoms with Crippen molar-refractivity contribution in [3.8, 4) is 17.0 Å². The zero-order valence-corrected chi connectivity index (χ0v) is 19.8. The molecule has 174 valence electrons. The molecule has 0 aliphatic carbocycles. The van der Waals surface area contributed by atoms with Gasteiger partial charge >= 0.3 is 0 Å². The van der Waals surface area contributed by atoms with Crippen LogP contribution < -0.4 is 4.74 Å². The Morgan fingerprint density at radius 1 is 1.12 bits per heavy atom. The van der Waals surface area contributed by atoms with Crippen molar-refractivity contribution in [3.05, 3.63) is 41.6 Å². The summed E-state index contributed by atoms with van der Waals surface area (Å²) in [6, 6.07) is 9.12.